The molecular weight excluding hydrogens is 354 g/mol. The molecule has 6 nitrogen and oxygen atoms in total. The molecule has 0 radical (unpaired) electrons. The molecule has 0 aliphatic heterocycles. The number of ether oxygens (including phenoxy) is 1. The maximum Gasteiger partial charge on any atom is 0.357 e. The van der Waals surface area contributed by atoms with Crippen LogP contribution in [0.3, 0.4) is 0 Å². The van der Waals surface area contributed by atoms with Gasteiger partial charge in [-0.1, -0.05) is 42.5 Å². The molecular formula is C22H23N3O3. The van der Waals surface area contributed by atoms with Crippen LogP contribution in [0.15, 0.2) is 66.7 Å². The Hall–Kier alpha value is -3.41. The molecule has 3 aromatic rings. The Labute approximate surface area is 164 Å². The lowest BCUT2D eigenvalue weighted by Crippen LogP contribution is -2.31. The van der Waals surface area contributed by atoms with Crippen LogP contribution in [0.25, 0.3) is 10.9 Å². The molecule has 0 spiro atoms. The number of nitrogens with one attached hydrogen (secondary N) is 1. The number of rotatable bonds is 8. The average Bonchev–Trinajstić information content (AvgIpc) is 2.75. The lowest BCUT2D eigenvalue weighted by atomic mass is 10.2. The highest BCUT2D eigenvalue weighted by atomic mass is 16.5. The van der Waals surface area contributed by atoms with Crippen molar-refractivity contribution in [2.75, 3.05) is 31.6 Å². The number of pyridine rings is 1. The number of carbonyl (C=O) groups is 2. The first-order chi connectivity index (χ1) is 13.6. The molecule has 0 saturated carbocycles. The van der Waals surface area contributed by atoms with Crippen LogP contribution in [0.4, 0.5) is 5.69 Å². The SMILES string of the molecule is CN(CCCNC(=O)COC(=O)c1ccc2ccccc2n1)c1ccccc1. The zero-order chi connectivity index (χ0) is 19.8. The summed E-state index contributed by atoms with van der Waals surface area (Å²) in [7, 11) is 2.01. The molecule has 0 aliphatic rings. The number of benzene rings is 2. The van der Waals surface area contributed by atoms with Gasteiger partial charge in [-0.05, 0) is 30.7 Å². The first kappa shape index (κ1) is 19.4. The van der Waals surface area contributed by atoms with Crippen molar-refractivity contribution in [1.82, 2.24) is 10.3 Å². The number of esters is 1. The molecule has 2 aromatic carbocycles. The third kappa shape index (κ3) is 5.30. The fourth-order valence-electron chi connectivity index (χ4n) is 2.79. The van der Waals surface area contributed by atoms with Crippen LogP contribution in [0, 0.1) is 0 Å². The van der Waals surface area contributed by atoms with Crippen molar-refractivity contribution in [2.45, 2.75) is 6.42 Å². The Balaban J connectivity index is 1.38. The van der Waals surface area contributed by atoms with Gasteiger partial charge in [-0.25, -0.2) is 9.78 Å². The van der Waals surface area contributed by atoms with E-state index in [0.717, 1.165) is 24.0 Å². The Kier molecular flexibility index (Phi) is 6.57. The molecule has 28 heavy (non-hydrogen) atoms. The summed E-state index contributed by atoms with van der Waals surface area (Å²) in [4.78, 5) is 30.4. The van der Waals surface area contributed by atoms with Crippen molar-refractivity contribution < 1.29 is 14.3 Å². The Morgan fingerprint density at radius 2 is 1.75 bits per heavy atom. The molecule has 1 heterocycles. The number of fused-ring (bicyclic) bond motifs is 1. The minimum absolute atomic E-state index is 0.191. The number of para-hydroxylation sites is 2. The quantitative estimate of drug-likeness (QED) is 0.483. The number of nitrogens with zero attached hydrogens (tertiary/aromatic N) is 2. The van der Waals surface area contributed by atoms with E-state index < -0.39 is 5.97 Å². The second-order valence-electron chi connectivity index (χ2n) is 6.43. The molecule has 1 aromatic heterocycles. The van der Waals surface area contributed by atoms with Gasteiger partial charge in [-0.3, -0.25) is 4.79 Å². The minimum atomic E-state index is -0.607. The first-order valence-electron chi connectivity index (χ1n) is 9.19. The number of hydrogen-bond acceptors (Lipinski definition) is 5. The molecule has 0 atom stereocenters. The third-order valence-electron chi connectivity index (χ3n) is 4.33. The summed E-state index contributed by atoms with van der Waals surface area (Å²) in [6, 6.07) is 21.0. The van der Waals surface area contributed by atoms with E-state index in [9.17, 15) is 9.59 Å². The zero-order valence-electron chi connectivity index (χ0n) is 15.8. The summed E-state index contributed by atoms with van der Waals surface area (Å²) in [5.41, 5.74) is 2.03. The summed E-state index contributed by atoms with van der Waals surface area (Å²) >= 11 is 0. The highest BCUT2D eigenvalue weighted by Crippen LogP contribution is 2.12. The predicted molar refractivity (Wildman–Crippen MR) is 109 cm³/mol. The first-order valence-corrected chi connectivity index (χ1v) is 9.19. The molecule has 0 fully saturated rings. The lowest BCUT2D eigenvalue weighted by Gasteiger charge is -2.19. The summed E-state index contributed by atoms with van der Waals surface area (Å²) in [5, 5.41) is 3.70. The monoisotopic (exact) mass is 377 g/mol. The average molecular weight is 377 g/mol. The summed E-state index contributed by atoms with van der Waals surface area (Å²) < 4.78 is 5.06. The van der Waals surface area contributed by atoms with E-state index in [-0.39, 0.29) is 18.2 Å². The van der Waals surface area contributed by atoms with Gasteiger partial charge in [-0.15, -0.1) is 0 Å². The highest BCUT2D eigenvalue weighted by molar-refractivity contribution is 5.92. The Morgan fingerprint density at radius 3 is 2.57 bits per heavy atom. The van der Waals surface area contributed by atoms with Gasteiger partial charge in [0.05, 0.1) is 5.52 Å². The largest absolute Gasteiger partial charge is 0.451 e. The van der Waals surface area contributed by atoms with Crippen LogP contribution >= 0.6 is 0 Å². The van der Waals surface area contributed by atoms with Gasteiger partial charge < -0.3 is 15.0 Å². The molecule has 1 N–H and O–H groups in total. The van der Waals surface area contributed by atoms with Crippen LogP contribution in [0.1, 0.15) is 16.9 Å². The molecule has 0 aliphatic carbocycles. The second-order valence-corrected chi connectivity index (χ2v) is 6.43. The maximum absolute atomic E-state index is 12.1. The van der Waals surface area contributed by atoms with E-state index in [2.05, 4.69) is 15.2 Å². The van der Waals surface area contributed by atoms with E-state index >= 15 is 0 Å². The van der Waals surface area contributed by atoms with Crippen LogP contribution < -0.4 is 10.2 Å². The molecule has 0 unspecified atom stereocenters. The van der Waals surface area contributed by atoms with E-state index in [1.54, 1.807) is 6.07 Å². The summed E-state index contributed by atoms with van der Waals surface area (Å²) in [5.74, 6) is -0.929. The molecule has 0 saturated heterocycles. The van der Waals surface area contributed by atoms with Crippen LogP contribution in [0.5, 0.6) is 0 Å². The van der Waals surface area contributed by atoms with Crippen LogP contribution in [0.2, 0.25) is 0 Å². The second kappa shape index (κ2) is 9.50. The number of anilines is 1. The van der Waals surface area contributed by atoms with E-state index in [1.807, 2.05) is 67.7 Å². The minimum Gasteiger partial charge on any atom is -0.451 e. The number of hydrogen-bond donors (Lipinski definition) is 1. The van der Waals surface area contributed by atoms with Crippen molar-refractivity contribution in [2.24, 2.45) is 0 Å². The summed E-state index contributed by atoms with van der Waals surface area (Å²) in [6.07, 6.45) is 0.789. The Morgan fingerprint density at radius 1 is 1.00 bits per heavy atom. The van der Waals surface area contributed by atoms with E-state index in [0.29, 0.717) is 12.1 Å². The summed E-state index contributed by atoms with van der Waals surface area (Å²) in [6.45, 7) is 1.01. The molecule has 3 rings (SSSR count). The lowest BCUT2D eigenvalue weighted by molar-refractivity contribution is -0.124. The van der Waals surface area contributed by atoms with Crippen molar-refractivity contribution in [3.63, 3.8) is 0 Å². The van der Waals surface area contributed by atoms with Crippen LogP contribution in [-0.4, -0.2) is 43.6 Å². The normalized spacial score (nSPS) is 10.5. The van der Waals surface area contributed by atoms with E-state index in [4.69, 9.17) is 4.74 Å². The fourth-order valence-corrected chi connectivity index (χ4v) is 2.79. The smallest absolute Gasteiger partial charge is 0.357 e. The van der Waals surface area contributed by atoms with Gasteiger partial charge in [0.2, 0.25) is 0 Å². The van der Waals surface area contributed by atoms with Gasteiger partial charge >= 0.3 is 5.97 Å². The molecule has 144 valence electrons. The van der Waals surface area contributed by atoms with Gasteiger partial charge in [0.25, 0.3) is 5.91 Å². The number of aromatic nitrogens is 1. The van der Waals surface area contributed by atoms with Gasteiger partial charge in [0, 0.05) is 31.2 Å². The predicted octanol–water partition coefficient (Wildman–Crippen LogP) is 3.03. The number of carbonyl (C=O) groups excluding carboxylic acids is 2. The highest BCUT2D eigenvalue weighted by Gasteiger charge is 2.12. The molecule has 6 heteroatoms. The maximum atomic E-state index is 12.1. The van der Waals surface area contributed by atoms with Gasteiger partial charge in [0.1, 0.15) is 5.69 Å². The van der Waals surface area contributed by atoms with Crippen molar-refractivity contribution in [3.8, 4) is 0 Å². The molecule has 0 bridgehead atoms. The van der Waals surface area contributed by atoms with E-state index in [1.165, 1.54) is 0 Å². The van der Waals surface area contributed by atoms with Gasteiger partial charge in [-0.2, -0.15) is 0 Å². The topological polar surface area (TPSA) is 71.5 Å². The fraction of sp³-hybridized carbons (Fsp3) is 0.227. The Bertz CT molecular complexity index is 944. The molecule has 1 amide bonds. The van der Waals surface area contributed by atoms with Gasteiger partial charge in [0.15, 0.2) is 6.61 Å². The van der Waals surface area contributed by atoms with Crippen molar-refractivity contribution in [3.05, 3.63) is 72.4 Å². The third-order valence-corrected chi connectivity index (χ3v) is 4.33. The van der Waals surface area contributed by atoms with Crippen molar-refractivity contribution in [1.29, 1.82) is 0 Å². The standard InChI is InChI=1S/C22H23N3O3/c1-25(18-9-3-2-4-10-18)15-7-14-23-21(26)16-28-22(27)20-13-12-17-8-5-6-11-19(17)24-20/h2-6,8-13H,7,14-16H2,1H3,(H,23,26). The zero-order valence-corrected chi connectivity index (χ0v) is 15.8. The number of amides is 1. The van der Waals surface area contributed by atoms with Crippen molar-refractivity contribution >= 4 is 28.5 Å². The van der Waals surface area contributed by atoms with Crippen LogP contribution in [-0.2, 0) is 9.53 Å².